The second-order valence-electron chi connectivity index (χ2n) is 12.5. The van der Waals surface area contributed by atoms with E-state index in [0.29, 0.717) is 30.3 Å². The molecule has 0 bridgehead atoms. The van der Waals surface area contributed by atoms with Gasteiger partial charge in [-0.05, 0) is 61.2 Å². The van der Waals surface area contributed by atoms with Crippen molar-refractivity contribution >= 4 is 27.5 Å². The van der Waals surface area contributed by atoms with Gasteiger partial charge in [-0.1, -0.05) is 25.1 Å². The van der Waals surface area contributed by atoms with Crippen molar-refractivity contribution in [3.63, 3.8) is 0 Å². The van der Waals surface area contributed by atoms with Gasteiger partial charge < -0.3 is 25.0 Å². The predicted molar refractivity (Wildman–Crippen MR) is 159 cm³/mol. The highest BCUT2D eigenvalue weighted by Gasteiger charge is 2.49. The van der Waals surface area contributed by atoms with Gasteiger partial charge in [0.15, 0.2) is 5.82 Å². The van der Waals surface area contributed by atoms with Crippen LogP contribution in [-0.4, -0.2) is 91.4 Å². The van der Waals surface area contributed by atoms with Crippen LogP contribution >= 0.6 is 0 Å². The topological polar surface area (TPSA) is 115 Å². The average Bonchev–Trinajstić information content (AvgIpc) is 3.59. The first-order valence-electron chi connectivity index (χ1n) is 14.9. The summed E-state index contributed by atoms with van der Waals surface area (Å²) >= 11 is 0. The minimum atomic E-state index is -1.40. The Morgan fingerprint density at radius 3 is 2.79 bits per heavy atom. The van der Waals surface area contributed by atoms with Crippen molar-refractivity contribution in [1.29, 1.82) is 0 Å². The molecule has 0 spiro atoms. The summed E-state index contributed by atoms with van der Waals surface area (Å²) in [6, 6.07) is 8.81. The number of alkyl halides is 1. The van der Waals surface area contributed by atoms with Gasteiger partial charge >= 0.3 is 6.01 Å². The van der Waals surface area contributed by atoms with E-state index in [2.05, 4.69) is 19.9 Å². The van der Waals surface area contributed by atoms with Gasteiger partial charge in [0.25, 0.3) is 0 Å². The molecule has 7 rings (SSSR count). The fourth-order valence-corrected chi connectivity index (χ4v) is 7.26. The van der Waals surface area contributed by atoms with Crippen LogP contribution in [0.15, 0.2) is 36.5 Å². The van der Waals surface area contributed by atoms with E-state index in [-0.39, 0.29) is 48.5 Å². The fraction of sp³-hybridized carbons (Fsp3) is 0.469. The normalized spacial score (nSPS) is 27.4. The Morgan fingerprint density at radius 2 is 2.02 bits per heavy atom. The van der Waals surface area contributed by atoms with Gasteiger partial charge in [0.05, 0.1) is 17.5 Å². The van der Waals surface area contributed by atoms with Crippen molar-refractivity contribution < 1.29 is 28.8 Å². The highest BCUT2D eigenvalue weighted by atomic mass is 19.1. The number of nitrogens with zero attached hydrogens (tertiary/aromatic N) is 5. The molecule has 3 aliphatic heterocycles. The number of aliphatic hydroxyl groups is 2. The minimum Gasteiger partial charge on any atom is -0.508 e. The molecule has 2 aromatic carbocycles. The second kappa shape index (κ2) is 10.2. The maximum absolute atomic E-state index is 16.7. The Morgan fingerprint density at radius 1 is 1.19 bits per heavy atom. The molecular formula is C32H35F2N5O4. The first kappa shape index (κ1) is 28.1. The van der Waals surface area contributed by atoms with Crippen molar-refractivity contribution in [2.24, 2.45) is 0 Å². The molecule has 3 aliphatic rings. The van der Waals surface area contributed by atoms with Crippen LogP contribution in [0.25, 0.3) is 32.9 Å². The lowest BCUT2D eigenvalue weighted by atomic mass is 9.95. The summed E-state index contributed by atoms with van der Waals surface area (Å²) in [5.74, 6) is -0.443. The molecule has 0 radical (unpaired) electrons. The molecule has 0 unspecified atom stereocenters. The van der Waals surface area contributed by atoms with Gasteiger partial charge in [0, 0.05) is 31.3 Å². The Bertz CT molecular complexity index is 1740. The van der Waals surface area contributed by atoms with E-state index in [9.17, 15) is 19.7 Å². The number of β-amino-alcohol motifs (C(OH)–C–C–N with tert-alkyl or cyclic N) is 2. The number of anilines is 1. The Hall–Kier alpha value is -3.67. The summed E-state index contributed by atoms with van der Waals surface area (Å²) in [6.07, 6.45) is 2.31. The summed E-state index contributed by atoms with van der Waals surface area (Å²) in [4.78, 5) is 17.4. The maximum Gasteiger partial charge on any atom is 0.319 e. The van der Waals surface area contributed by atoms with Crippen molar-refractivity contribution in [2.75, 3.05) is 37.7 Å². The molecule has 226 valence electrons. The molecule has 3 N–H and O–H groups in total. The van der Waals surface area contributed by atoms with Crippen LogP contribution in [0.1, 0.15) is 38.7 Å². The van der Waals surface area contributed by atoms with Crippen LogP contribution in [-0.2, 0) is 6.42 Å². The molecule has 43 heavy (non-hydrogen) atoms. The lowest BCUT2D eigenvalue weighted by Crippen LogP contribution is -2.43. The first-order valence-corrected chi connectivity index (χ1v) is 14.9. The lowest BCUT2D eigenvalue weighted by Gasteiger charge is -2.31. The van der Waals surface area contributed by atoms with Crippen molar-refractivity contribution in [3.05, 3.63) is 47.9 Å². The van der Waals surface area contributed by atoms with E-state index in [1.165, 1.54) is 19.2 Å². The zero-order valence-electron chi connectivity index (χ0n) is 24.2. The summed E-state index contributed by atoms with van der Waals surface area (Å²) in [5.41, 5.74) is -0.441. The largest absolute Gasteiger partial charge is 0.508 e. The molecule has 0 aliphatic carbocycles. The quantitative estimate of drug-likeness (QED) is 0.304. The fourth-order valence-electron chi connectivity index (χ4n) is 7.26. The number of phenolic OH excluding ortho intramolecular Hbond substituents is 1. The van der Waals surface area contributed by atoms with E-state index in [1.807, 2.05) is 25.1 Å². The third kappa shape index (κ3) is 4.65. The summed E-state index contributed by atoms with van der Waals surface area (Å²) in [7, 11) is 0. The number of rotatable bonds is 6. The molecule has 9 nitrogen and oxygen atoms in total. The smallest absolute Gasteiger partial charge is 0.319 e. The van der Waals surface area contributed by atoms with Gasteiger partial charge in [0.1, 0.15) is 47.3 Å². The minimum absolute atomic E-state index is 0.0131. The third-order valence-electron chi connectivity index (χ3n) is 9.48. The number of aromatic hydroxyl groups is 1. The van der Waals surface area contributed by atoms with Crippen LogP contribution in [0.3, 0.4) is 0 Å². The monoisotopic (exact) mass is 591 g/mol. The molecule has 4 aromatic rings. The molecule has 0 saturated carbocycles. The summed E-state index contributed by atoms with van der Waals surface area (Å²) < 4.78 is 37.2. The zero-order valence-corrected chi connectivity index (χ0v) is 24.2. The van der Waals surface area contributed by atoms with Crippen LogP contribution in [0.2, 0.25) is 0 Å². The number of fused-ring (bicyclic) bond motifs is 3. The number of halogens is 2. The molecule has 5 heterocycles. The molecule has 3 fully saturated rings. The zero-order chi connectivity index (χ0) is 30.1. The highest BCUT2D eigenvalue weighted by Crippen LogP contribution is 2.42. The third-order valence-corrected chi connectivity index (χ3v) is 9.48. The number of aliphatic hydroxyl groups excluding tert-OH is 1. The number of aromatic nitrogens is 3. The average molecular weight is 592 g/mol. The summed E-state index contributed by atoms with van der Waals surface area (Å²) in [5, 5.41) is 33.6. The molecule has 3 saturated heterocycles. The van der Waals surface area contributed by atoms with Crippen molar-refractivity contribution in [2.45, 2.75) is 62.9 Å². The van der Waals surface area contributed by atoms with Crippen LogP contribution in [0.4, 0.5) is 14.6 Å². The van der Waals surface area contributed by atoms with Crippen molar-refractivity contribution in [1.82, 2.24) is 19.9 Å². The van der Waals surface area contributed by atoms with Crippen LogP contribution in [0.5, 0.6) is 11.8 Å². The Labute approximate surface area is 247 Å². The van der Waals surface area contributed by atoms with E-state index < -0.39 is 29.2 Å². The number of pyridine rings is 1. The van der Waals surface area contributed by atoms with Gasteiger partial charge in [-0.3, -0.25) is 9.88 Å². The lowest BCUT2D eigenvalue weighted by molar-refractivity contribution is -0.0245. The number of benzene rings is 2. The molecule has 2 aromatic heterocycles. The van der Waals surface area contributed by atoms with Gasteiger partial charge in [-0.2, -0.15) is 9.97 Å². The number of phenols is 1. The van der Waals surface area contributed by atoms with E-state index >= 15 is 4.39 Å². The first-order chi connectivity index (χ1) is 20.6. The molecule has 4 atom stereocenters. The molecular weight excluding hydrogens is 556 g/mol. The van der Waals surface area contributed by atoms with Gasteiger partial charge in [-0.25, -0.2) is 8.78 Å². The molecule has 0 amide bonds. The van der Waals surface area contributed by atoms with Crippen LogP contribution in [0, 0.1) is 5.82 Å². The number of hydrogen-bond acceptors (Lipinski definition) is 9. The predicted octanol–water partition coefficient (Wildman–Crippen LogP) is 4.14. The van der Waals surface area contributed by atoms with Crippen molar-refractivity contribution in [3.8, 4) is 23.0 Å². The van der Waals surface area contributed by atoms with E-state index in [0.717, 1.165) is 35.7 Å². The van der Waals surface area contributed by atoms with E-state index in [1.54, 1.807) is 11.0 Å². The summed E-state index contributed by atoms with van der Waals surface area (Å²) in [6.45, 7) is 5.01. The maximum atomic E-state index is 16.7. The number of aryl methyl sites for hydroxylation is 1. The molecule has 11 heteroatoms. The standard InChI is InChI=1S/C32H35F2N5O4/c1-3-18-6-4-7-19-10-21(40)11-22(25(18)19)27-26(34)28-23(13-35-27)29(38-15-24(41)31(2,42)16-38)37-30(36-28)43-17-32-8-5-9-39(32)14-20(33)12-32/h4,6-7,10-11,13,20,24,40-42H,3,5,8-9,12,14-17H2,1-2H3/t20-,24-,31+,32+/m1/s1. The highest BCUT2D eigenvalue weighted by molar-refractivity contribution is 6.01. The number of hydrogen-bond donors (Lipinski definition) is 3. The van der Waals surface area contributed by atoms with Crippen LogP contribution < -0.4 is 9.64 Å². The SMILES string of the molecule is CCc1cccc2cc(O)cc(-c3ncc4c(N5C[C@@H](O)[C@@](C)(O)C5)nc(OC[C@@]56CCCN5C[C@H](F)C6)nc4c3F)c12. The van der Waals surface area contributed by atoms with Gasteiger partial charge in [-0.15, -0.1) is 0 Å². The number of ether oxygens (including phenoxy) is 1. The van der Waals surface area contributed by atoms with Gasteiger partial charge in [0.2, 0.25) is 0 Å². The Balaban J connectivity index is 1.37. The second-order valence-corrected chi connectivity index (χ2v) is 12.5. The van der Waals surface area contributed by atoms with E-state index in [4.69, 9.17) is 4.74 Å². The Kier molecular flexibility index (Phi) is 6.68.